The number of aromatic nitrogens is 1. The Morgan fingerprint density at radius 3 is 2.05 bits per heavy atom. The molecule has 0 spiro atoms. The Morgan fingerprint density at radius 2 is 1.66 bits per heavy atom. The van der Waals surface area contributed by atoms with E-state index in [1.54, 1.807) is 53.2 Å². The third kappa shape index (κ3) is 17.0. The van der Waals surface area contributed by atoms with Gasteiger partial charge in [-0.1, -0.05) is 36.9 Å². The minimum absolute atomic E-state index is 0.167. The van der Waals surface area contributed by atoms with Crippen LogP contribution in [-0.2, 0) is 20.7 Å². The smallest absolute Gasteiger partial charge is 0.155 e. The summed E-state index contributed by atoms with van der Waals surface area (Å²) in [5.74, 6) is 1.65. The first-order chi connectivity index (χ1) is 17.9. The number of ether oxygens (including phenoxy) is 2. The van der Waals surface area contributed by atoms with Gasteiger partial charge in [0.25, 0.3) is 0 Å². The van der Waals surface area contributed by atoms with Gasteiger partial charge in [0.2, 0.25) is 0 Å². The predicted octanol–water partition coefficient (Wildman–Crippen LogP) is 6.59. The van der Waals surface area contributed by atoms with E-state index in [-0.39, 0.29) is 6.10 Å². The summed E-state index contributed by atoms with van der Waals surface area (Å²) in [5, 5.41) is 18.9. The highest BCUT2D eigenvalue weighted by molar-refractivity contribution is 5.87. The average Bonchev–Trinajstić information content (AvgIpc) is 3.10. The lowest BCUT2D eigenvalue weighted by atomic mass is 10.1. The van der Waals surface area contributed by atoms with Crippen LogP contribution in [0.5, 0.6) is 0 Å². The van der Waals surface area contributed by atoms with Gasteiger partial charge in [0.1, 0.15) is 6.29 Å². The number of nitrogens with zero attached hydrogens (tertiary/aromatic N) is 1. The number of aldehydes is 1. The number of allylic oxidation sites excluding steroid dienone is 6. The summed E-state index contributed by atoms with van der Waals surface area (Å²) >= 11 is 0. The number of para-hydroxylation sites is 1. The van der Waals surface area contributed by atoms with Crippen molar-refractivity contribution < 1.29 is 24.5 Å². The molecule has 212 valence electrons. The minimum atomic E-state index is -0.167. The van der Waals surface area contributed by atoms with Crippen LogP contribution in [0.2, 0.25) is 0 Å². The number of aliphatic hydroxyl groups excluding tert-OH is 2. The zero-order chi connectivity index (χ0) is 29.7. The number of hydrogen-bond acceptors (Lipinski definition) is 6. The Morgan fingerprint density at radius 1 is 1.11 bits per heavy atom. The topological polar surface area (TPSA) is 95.0 Å². The molecule has 1 heterocycles. The van der Waals surface area contributed by atoms with Crippen molar-refractivity contribution in [2.45, 2.75) is 47.1 Å². The number of aliphatic hydroxyl groups is 2. The zero-order valence-electron chi connectivity index (χ0n) is 24.8. The SMILES string of the molecule is C/C=C(\C)C=O.C=C(OC)/C(=C\C)OC.CC(C)O.CN(C)C.OC1=CC=Cc2[nH]c3ccccc3c2C1. The summed E-state index contributed by atoms with van der Waals surface area (Å²) in [4.78, 5) is 15.0. The number of aromatic amines is 1. The van der Waals surface area contributed by atoms with Gasteiger partial charge in [-0.15, -0.1) is 0 Å². The number of fused-ring (bicyclic) bond motifs is 3. The fraction of sp³-hybridized carbons (Fsp3) is 0.387. The van der Waals surface area contributed by atoms with Crippen LogP contribution in [0, 0.1) is 0 Å². The third-order valence-corrected chi connectivity index (χ3v) is 4.40. The second-order valence-corrected chi connectivity index (χ2v) is 8.83. The maximum absolute atomic E-state index is 9.67. The van der Waals surface area contributed by atoms with Crippen LogP contribution in [0.4, 0.5) is 0 Å². The molecule has 0 fully saturated rings. The van der Waals surface area contributed by atoms with Crippen molar-refractivity contribution in [1.82, 2.24) is 9.88 Å². The first kappa shape index (κ1) is 36.6. The molecule has 0 saturated heterocycles. The molecule has 0 unspecified atom stereocenters. The number of hydrogen-bond donors (Lipinski definition) is 3. The van der Waals surface area contributed by atoms with E-state index in [2.05, 4.69) is 23.7 Å². The number of benzene rings is 1. The molecule has 0 amide bonds. The van der Waals surface area contributed by atoms with Crippen LogP contribution < -0.4 is 0 Å². The van der Waals surface area contributed by atoms with Gasteiger partial charge in [0.15, 0.2) is 11.5 Å². The Balaban J connectivity index is 0. The van der Waals surface area contributed by atoms with Gasteiger partial charge >= 0.3 is 0 Å². The van der Waals surface area contributed by atoms with Gasteiger partial charge in [-0.3, -0.25) is 4.79 Å². The van der Waals surface area contributed by atoms with E-state index in [9.17, 15) is 9.90 Å². The van der Waals surface area contributed by atoms with E-state index >= 15 is 0 Å². The Kier molecular flexibility index (Phi) is 20.7. The third-order valence-electron chi connectivity index (χ3n) is 4.40. The van der Waals surface area contributed by atoms with E-state index in [0.29, 0.717) is 23.7 Å². The van der Waals surface area contributed by atoms with Crippen molar-refractivity contribution >= 4 is 23.3 Å². The summed E-state index contributed by atoms with van der Waals surface area (Å²) < 4.78 is 9.70. The van der Waals surface area contributed by atoms with Crippen molar-refractivity contribution in [3.05, 3.63) is 89.3 Å². The van der Waals surface area contributed by atoms with Crippen molar-refractivity contribution in [3.63, 3.8) is 0 Å². The van der Waals surface area contributed by atoms with Gasteiger partial charge < -0.3 is 29.6 Å². The number of H-pyrrole nitrogens is 1. The number of carbonyl (C=O) groups excluding carboxylic acids is 1. The molecule has 0 aliphatic heterocycles. The molecule has 7 nitrogen and oxygen atoms in total. The van der Waals surface area contributed by atoms with Crippen LogP contribution in [0.15, 0.2) is 78.0 Å². The summed E-state index contributed by atoms with van der Waals surface area (Å²) in [5.41, 5.74) is 4.18. The van der Waals surface area contributed by atoms with Crippen LogP contribution in [0.3, 0.4) is 0 Å². The van der Waals surface area contributed by atoms with Crippen molar-refractivity contribution in [1.29, 1.82) is 0 Å². The molecule has 0 saturated carbocycles. The molecule has 1 aliphatic rings. The summed E-state index contributed by atoms with van der Waals surface area (Å²) in [7, 11) is 9.14. The average molecular weight is 529 g/mol. The molecule has 1 aromatic heterocycles. The maximum Gasteiger partial charge on any atom is 0.155 e. The quantitative estimate of drug-likeness (QED) is 0.179. The molecule has 3 rings (SSSR count). The highest BCUT2D eigenvalue weighted by atomic mass is 16.5. The molecule has 0 bridgehead atoms. The molecular weight excluding hydrogens is 480 g/mol. The van der Waals surface area contributed by atoms with E-state index in [1.165, 1.54) is 10.9 Å². The van der Waals surface area contributed by atoms with Gasteiger partial charge in [0.05, 0.1) is 20.0 Å². The van der Waals surface area contributed by atoms with Gasteiger partial charge in [-0.05, 0) is 91.2 Å². The number of methoxy groups -OCH3 is 2. The first-order valence-corrected chi connectivity index (χ1v) is 12.3. The van der Waals surface area contributed by atoms with E-state index in [1.807, 2.05) is 64.2 Å². The molecule has 38 heavy (non-hydrogen) atoms. The van der Waals surface area contributed by atoms with Gasteiger partial charge in [0, 0.05) is 29.1 Å². The Bertz CT molecular complexity index is 1060. The maximum atomic E-state index is 9.67. The fourth-order valence-corrected chi connectivity index (χ4v) is 2.61. The van der Waals surface area contributed by atoms with Crippen LogP contribution in [0.1, 0.15) is 45.9 Å². The Hall–Kier alpha value is -3.55. The number of carbonyl (C=O) groups is 1. The monoisotopic (exact) mass is 528 g/mol. The Labute approximate surface area is 229 Å². The predicted molar refractivity (Wildman–Crippen MR) is 161 cm³/mol. The first-order valence-electron chi connectivity index (χ1n) is 12.3. The molecule has 1 aliphatic carbocycles. The molecular formula is C31H48N2O5. The van der Waals surface area contributed by atoms with Crippen molar-refractivity contribution in [2.24, 2.45) is 0 Å². The van der Waals surface area contributed by atoms with E-state index < -0.39 is 0 Å². The van der Waals surface area contributed by atoms with Crippen molar-refractivity contribution in [2.75, 3.05) is 35.4 Å². The van der Waals surface area contributed by atoms with Gasteiger partial charge in [-0.25, -0.2) is 0 Å². The lowest BCUT2D eigenvalue weighted by molar-refractivity contribution is -0.104. The lowest BCUT2D eigenvalue weighted by Gasteiger charge is -2.05. The molecule has 7 heteroatoms. The normalized spacial score (nSPS) is 12.1. The largest absolute Gasteiger partial charge is 0.512 e. The lowest BCUT2D eigenvalue weighted by Crippen LogP contribution is -1.99. The van der Waals surface area contributed by atoms with Crippen LogP contribution >= 0.6 is 0 Å². The minimum Gasteiger partial charge on any atom is -0.512 e. The highest BCUT2D eigenvalue weighted by Gasteiger charge is 2.11. The summed E-state index contributed by atoms with van der Waals surface area (Å²) in [6.45, 7) is 12.5. The number of nitrogens with one attached hydrogen (secondary N) is 1. The van der Waals surface area contributed by atoms with Crippen LogP contribution in [0.25, 0.3) is 17.0 Å². The molecule has 1 aromatic carbocycles. The van der Waals surface area contributed by atoms with Crippen molar-refractivity contribution in [3.8, 4) is 0 Å². The summed E-state index contributed by atoms with van der Waals surface area (Å²) in [6, 6.07) is 8.17. The molecule has 3 N–H and O–H groups in total. The molecule has 0 radical (unpaired) electrons. The van der Waals surface area contributed by atoms with Crippen LogP contribution in [-0.4, -0.2) is 67.8 Å². The zero-order valence-corrected chi connectivity index (χ0v) is 24.8. The molecule has 2 aromatic rings. The second-order valence-electron chi connectivity index (χ2n) is 8.83. The number of rotatable bonds is 4. The van der Waals surface area contributed by atoms with Gasteiger partial charge in [-0.2, -0.15) is 0 Å². The van der Waals surface area contributed by atoms with E-state index in [4.69, 9.17) is 14.6 Å². The second kappa shape index (κ2) is 21.5. The standard InChI is InChI=1S/C13H11NO.C7H12O2.C5H8O.C3H9N.C3H8O/c15-9-4-3-7-13-11(8-9)10-5-1-2-6-12(10)14-13;1-5-7(9-4)6(2)8-3;1-3-5(2)4-6;1-4(2)3;1-3(2)4/h1-7,14-15H,8H2;5H,2H2,1,3-4H3;3-4H,1-2H3;1-3H3;3-4H,1-2H3/b;7-5+;5-3+;;. The molecule has 0 atom stereocenters. The highest BCUT2D eigenvalue weighted by Crippen LogP contribution is 2.26. The summed E-state index contributed by atoms with van der Waals surface area (Å²) in [6.07, 6.45) is 10.4. The van der Waals surface area contributed by atoms with E-state index in [0.717, 1.165) is 23.1 Å². The fourth-order valence-electron chi connectivity index (χ4n) is 2.61.